The quantitative estimate of drug-likeness (QED) is 0.804. The van der Waals surface area contributed by atoms with E-state index in [1.165, 1.54) is 18.2 Å². The summed E-state index contributed by atoms with van der Waals surface area (Å²) in [5.74, 6) is 0.211. The number of carbonyl (C=O) groups is 1. The molecule has 0 bridgehead atoms. The Morgan fingerprint density at radius 2 is 2.10 bits per heavy atom. The summed E-state index contributed by atoms with van der Waals surface area (Å²) >= 11 is 5.78. The SMILES string of the molecule is CC(C)C(CCN)CCC(=O)Nc1cc(Cl)ccc1F. The van der Waals surface area contributed by atoms with Gasteiger partial charge in [0, 0.05) is 11.4 Å². The van der Waals surface area contributed by atoms with E-state index in [1.54, 1.807) is 0 Å². The first-order valence-electron chi connectivity index (χ1n) is 6.89. The van der Waals surface area contributed by atoms with Gasteiger partial charge in [-0.3, -0.25) is 4.79 Å². The van der Waals surface area contributed by atoms with Crippen molar-refractivity contribution >= 4 is 23.2 Å². The second-order valence-corrected chi connectivity index (χ2v) is 5.73. The largest absolute Gasteiger partial charge is 0.330 e. The minimum absolute atomic E-state index is 0.127. The van der Waals surface area contributed by atoms with Crippen LogP contribution in [0.1, 0.15) is 33.1 Å². The minimum atomic E-state index is -0.481. The molecule has 1 rings (SSSR count). The third-order valence-corrected chi connectivity index (χ3v) is 3.66. The zero-order valence-corrected chi connectivity index (χ0v) is 12.7. The normalized spacial score (nSPS) is 12.5. The maximum atomic E-state index is 13.5. The number of hydrogen-bond donors (Lipinski definition) is 2. The van der Waals surface area contributed by atoms with E-state index in [9.17, 15) is 9.18 Å². The van der Waals surface area contributed by atoms with Gasteiger partial charge in [-0.15, -0.1) is 0 Å². The fraction of sp³-hybridized carbons (Fsp3) is 0.533. The standard InChI is InChI=1S/C15H22ClFN2O/c1-10(2)11(7-8-18)3-6-15(20)19-14-9-12(16)4-5-13(14)17/h4-5,9-11H,3,6-8,18H2,1-2H3,(H,19,20). The van der Waals surface area contributed by atoms with Gasteiger partial charge >= 0.3 is 0 Å². The third-order valence-electron chi connectivity index (χ3n) is 3.42. The molecule has 0 aromatic heterocycles. The van der Waals surface area contributed by atoms with Gasteiger partial charge in [-0.05, 0) is 49.4 Å². The van der Waals surface area contributed by atoms with Gasteiger partial charge in [0.1, 0.15) is 5.82 Å². The number of rotatable bonds is 7. The molecular formula is C15H22ClFN2O. The molecule has 1 amide bonds. The fourth-order valence-electron chi connectivity index (χ4n) is 2.15. The number of benzene rings is 1. The topological polar surface area (TPSA) is 55.1 Å². The monoisotopic (exact) mass is 300 g/mol. The minimum Gasteiger partial charge on any atom is -0.330 e. The summed E-state index contributed by atoms with van der Waals surface area (Å²) in [6.07, 6.45) is 2.01. The number of hydrogen-bond acceptors (Lipinski definition) is 2. The van der Waals surface area contributed by atoms with Crippen molar-refractivity contribution < 1.29 is 9.18 Å². The zero-order chi connectivity index (χ0) is 15.1. The van der Waals surface area contributed by atoms with Crippen molar-refractivity contribution in [2.24, 2.45) is 17.6 Å². The van der Waals surface area contributed by atoms with Crippen LogP contribution in [0.15, 0.2) is 18.2 Å². The Kier molecular flexibility index (Phi) is 6.96. The summed E-state index contributed by atoms with van der Waals surface area (Å²) in [5.41, 5.74) is 5.70. The summed E-state index contributed by atoms with van der Waals surface area (Å²) in [5, 5.41) is 2.95. The molecule has 0 aliphatic carbocycles. The van der Waals surface area contributed by atoms with E-state index >= 15 is 0 Å². The molecule has 3 N–H and O–H groups in total. The van der Waals surface area contributed by atoms with Gasteiger partial charge in [0.05, 0.1) is 5.69 Å². The van der Waals surface area contributed by atoms with Crippen molar-refractivity contribution in [1.82, 2.24) is 0 Å². The van der Waals surface area contributed by atoms with Gasteiger partial charge in [0.2, 0.25) is 5.91 Å². The molecule has 20 heavy (non-hydrogen) atoms. The van der Waals surface area contributed by atoms with Crippen LogP contribution >= 0.6 is 11.6 Å². The average Bonchev–Trinajstić information content (AvgIpc) is 2.38. The highest BCUT2D eigenvalue weighted by atomic mass is 35.5. The number of halogens is 2. The molecule has 1 atom stereocenters. The van der Waals surface area contributed by atoms with Crippen LogP contribution in [0.2, 0.25) is 5.02 Å². The first-order valence-corrected chi connectivity index (χ1v) is 7.26. The maximum Gasteiger partial charge on any atom is 0.224 e. The summed E-state index contributed by atoms with van der Waals surface area (Å²) < 4.78 is 13.5. The molecule has 1 aromatic rings. The molecule has 0 saturated heterocycles. The Balaban J connectivity index is 2.53. The van der Waals surface area contributed by atoms with Crippen LogP contribution < -0.4 is 11.1 Å². The summed E-state index contributed by atoms with van der Waals surface area (Å²) in [6, 6.07) is 4.10. The Morgan fingerprint density at radius 3 is 2.70 bits per heavy atom. The van der Waals surface area contributed by atoms with Crippen molar-refractivity contribution in [3.05, 3.63) is 29.0 Å². The second-order valence-electron chi connectivity index (χ2n) is 5.29. The molecular weight excluding hydrogens is 279 g/mol. The lowest BCUT2D eigenvalue weighted by atomic mass is 9.88. The molecule has 0 fully saturated rings. The molecule has 1 aromatic carbocycles. The van der Waals surface area contributed by atoms with Crippen molar-refractivity contribution in [3.8, 4) is 0 Å². The molecule has 112 valence electrons. The van der Waals surface area contributed by atoms with Crippen LogP contribution in [-0.2, 0) is 4.79 Å². The Labute approximate surface area is 124 Å². The number of nitrogens with one attached hydrogen (secondary N) is 1. The highest BCUT2D eigenvalue weighted by Crippen LogP contribution is 2.22. The lowest BCUT2D eigenvalue weighted by Gasteiger charge is -2.19. The predicted octanol–water partition coefficient (Wildman–Crippen LogP) is 3.82. The predicted molar refractivity (Wildman–Crippen MR) is 81.3 cm³/mol. The first kappa shape index (κ1) is 16.9. The van der Waals surface area contributed by atoms with Crippen molar-refractivity contribution in [2.75, 3.05) is 11.9 Å². The number of nitrogens with two attached hydrogens (primary N) is 1. The maximum absolute atomic E-state index is 13.5. The molecule has 3 nitrogen and oxygen atoms in total. The van der Waals surface area contributed by atoms with E-state index < -0.39 is 5.82 Å². The fourth-order valence-corrected chi connectivity index (χ4v) is 2.32. The van der Waals surface area contributed by atoms with E-state index in [1.807, 2.05) is 0 Å². The summed E-state index contributed by atoms with van der Waals surface area (Å²) in [4.78, 5) is 11.9. The lowest BCUT2D eigenvalue weighted by Crippen LogP contribution is -2.18. The lowest BCUT2D eigenvalue weighted by molar-refractivity contribution is -0.116. The molecule has 0 spiro atoms. The Hall–Kier alpha value is -1.13. The van der Waals surface area contributed by atoms with Crippen molar-refractivity contribution in [1.29, 1.82) is 0 Å². The van der Waals surface area contributed by atoms with Gasteiger partial charge in [-0.1, -0.05) is 25.4 Å². The molecule has 0 heterocycles. The van der Waals surface area contributed by atoms with Crippen LogP contribution in [0.3, 0.4) is 0 Å². The summed E-state index contributed by atoms with van der Waals surface area (Å²) in [6.45, 7) is 4.86. The van der Waals surface area contributed by atoms with Gasteiger partial charge in [-0.2, -0.15) is 0 Å². The zero-order valence-electron chi connectivity index (χ0n) is 12.0. The molecule has 0 aliphatic rings. The number of carbonyl (C=O) groups excluding carboxylic acids is 1. The van der Waals surface area contributed by atoms with E-state index in [-0.39, 0.29) is 11.6 Å². The van der Waals surface area contributed by atoms with Gasteiger partial charge in [0.15, 0.2) is 0 Å². The Bertz CT molecular complexity index is 451. The van der Waals surface area contributed by atoms with E-state index in [2.05, 4.69) is 19.2 Å². The van der Waals surface area contributed by atoms with Crippen LogP contribution in [0.25, 0.3) is 0 Å². The van der Waals surface area contributed by atoms with Crippen molar-refractivity contribution in [2.45, 2.75) is 33.1 Å². The van der Waals surface area contributed by atoms with Crippen LogP contribution in [-0.4, -0.2) is 12.5 Å². The molecule has 1 unspecified atom stereocenters. The van der Waals surface area contributed by atoms with Gasteiger partial charge < -0.3 is 11.1 Å². The van der Waals surface area contributed by atoms with Crippen LogP contribution in [0.5, 0.6) is 0 Å². The first-order chi connectivity index (χ1) is 9.43. The van der Waals surface area contributed by atoms with Crippen LogP contribution in [0, 0.1) is 17.7 Å². The van der Waals surface area contributed by atoms with E-state index in [0.717, 1.165) is 12.8 Å². The molecule has 0 radical (unpaired) electrons. The number of anilines is 1. The van der Waals surface area contributed by atoms with Crippen LogP contribution in [0.4, 0.5) is 10.1 Å². The number of amides is 1. The smallest absolute Gasteiger partial charge is 0.224 e. The average molecular weight is 301 g/mol. The third kappa shape index (κ3) is 5.47. The second kappa shape index (κ2) is 8.22. The summed E-state index contributed by atoms with van der Waals surface area (Å²) in [7, 11) is 0. The van der Waals surface area contributed by atoms with Gasteiger partial charge in [-0.25, -0.2) is 4.39 Å². The van der Waals surface area contributed by atoms with E-state index in [4.69, 9.17) is 17.3 Å². The van der Waals surface area contributed by atoms with Crippen molar-refractivity contribution in [3.63, 3.8) is 0 Å². The van der Waals surface area contributed by atoms with Gasteiger partial charge in [0.25, 0.3) is 0 Å². The molecule has 0 aliphatic heterocycles. The van der Waals surface area contributed by atoms with E-state index in [0.29, 0.717) is 29.8 Å². The highest BCUT2D eigenvalue weighted by molar-refractivity contribution is 6.30. The molecule has 0 saturated carbocycles. The molecule has 5 heteroatoms. The highest BCUT2D eigenvalue weighted by Gasteiger charge is 2.15. The Morgan fingerprint density at radius 1 is 1.40 bits per heavy atom.